The molecule has 2 heterocycles. The molecule has 1 aromatic heterocycles. The first kappa shape index (κ1) is 10.8. The van der Waals surface area contributed by atoms with E-state index in [1.54, 1.807) is 11.3 Å². The molecular formula is C13H16N2OS. The largest absolute Gasteiger partial charge is 0.494 e. The van der Waals surface area contributed by atoms with Crippen molar-refractivity contribution in [1.82, 2.24) is 4.98 Å². The number of rotatable bonds is 3. The van der Waals surface area contributed by atoms with Crippen LogP contribution in [0.25, 0.3) is 10.2 Å². The zero-order valence-corrected chi connectivity index (χ0v) is 10.8. The van der Waals surface area contributed by atoms with Gasteiger partial charge in [0.1, 0.15) is 5.75 Å². The van der Waals surface area contributed by atoms with Crippen LogP contribution in [0.15, 0.2) is 18.2 Å². The van der Waals surface area contributed by atoms with E-state index >= 15 is 0 Å². The molecule has 0 bridgehead atoms. The Balaban J connectivity index is 1.94. The molecule has 0 atom stereocenters. The summed E-state index contributed by atoms with van der Waals surface area (Å²) in [4.78, 5) is 7.06. The van der Waals surface area contributed by atoms with Crippen molar-refractivity contribution in [2.24, 2.45) is 0 Å². The van der Waals surface area contributed by atoms with E-state index in [0.717, 1.165) is 29.5 Å². The fourth-order valence-corrected chi connectivity index (χ4v) is 3.24. The van der Waals surface area contributed by atoms with Crippen LogP contribution in [0, 0.1) is 0 Å². The molecule has 1 aliphatic heterocycles. The van der Waals surface area contributed by atoms with Gasteiger partial charge in [-0.1, -0.05) is 11.3 Å². The first-order valence-corrected chi connectivity index (χ1v) is 6.97. The number of thiazole rings is 1. The van der Waals surface area contributed by atoms with Crippen LogP contribution in [-0.2, 0) is 0 Å². The van der Waals surface area contributed by atoms with E-state index in [9.17, 15) is 0 Å². The molecule has 3 nitrogen and oxygen atoms in total. The molecule has 17 heavy (non-hydrogen) atoms. The van der Waals surface area contributed by atoms with Crippen molar-refractivity contribution in [3.8, 4) is 5.75 Å². The summed E-state index contributed by atoms with van der Waals surface area (Å²) in [6.45, 7) is 5.02. The Morgan fingerprint density at radius 3 is 2.94 bits per heavy atom. The van der Waals surface area contributed by atoms with E-state index in [0.29, 0.717) is 6.61 Å². The van der Waals surface area contributed by atoms with Gasteiger partial charge in [-0.3, -0.25) is 0 Å². The number of anilines is 1. The highest BCUT2D eigenvalue weighted by Gasteiger charge is 2.16. The summed E-state index contributed by atoms with van der Waals surface area (Å²) >= 11 is 1.77. The van der Waals surface area contributed by atoms with Crippen LogP contribution in [0.5, 0.6) is 5.75 Å². The molecule has 0 spiro atoms. The molecule has 90 valence electrons. The van der Waals surface area contributed by atoms with Crippen LogP contribution in [-0.4, -0.2) is 24.7 Å². The molecule has 1 fully saturated rings. The third-order valence-corrected chi connectivity index (χ3v) is 4.12. The Hall–Kier alpha value is -1.29. The molecule has 1 saturated heterocycles. The van der Waals surface area contributed by atoms with E-state index in [1.165, 1.54) is 17.5 Å². The number of aromatic nitrogens is 1. The number of benzene rings is 1. The summed E-state index contributed by atoms with van der Waals surface area (Å²) in [7, 11) is 0. The molecule has 1 aromatic carbocycles. The van der Waals surface area contributed by atoms with E-state index in [-0.39, 0.29) is 0 Å². The van der Waals surface area contributed by atoms with E-state index in [1.807, 2.05) is 13.0 Å². The Kier molecular flexibility index (Phi) is 2.89. The average molecular weight is 248 g/mol. The SMILES string of the molecule is CCOc1ccc2nc(N3CCCC3)sc2c1. The number of nitrogens with zero attached hydrogens (tertiary/aromatic N) is 2. The molecule has 4 heteroatoms. The Morgan fingerprint density at radius 2 is 2.18 bits per heavy atom. The van der Waals surface area contributed by atoms with E-state index in [4.69, 9.17) is 4.74 Å². The van der Waals surface area contributed by atoms with Crippen molar-refractivity contribution >= 4 is 26.7 Å². The second-order valence-electron chi connectivity index (χ2n) is 4.25. The highest BCUT2D eigenvalue weighted by molar-refractivity contribution is 7.22. The highest BCUT2D eigenvalue weighted by atomic mass is 32.1. The topological polar surface area (TPSA) is 25.4 Å². The van der Waals surface area contributed by atoms with Gasteiger partial charge in [0.15, 0.2) is 5.13 Å². The lowest BCUT2D eigenvalue weighted by molar-refractivity contribution is 0.341. The van der Waals surface area contributed by atoms with Gasteiger partial charge in [-0.15, -0.1) is 0 Å². The van der Waals surface area contributed by atoms with Gasteiger partial charge in [0, 0.05) is 13.1 Å². The Labute approximate surface area is 105 Å². The number of hydrogen-bond donors (Lipinski definition) is 0. The second-order valence-corrected chi connectivity index (χ2v) is 5.26. The first-order chi connectivity index (χ1) is 8.36. The maximum Gasteiger partial charge on any atom is 0.186 e. The molecule has 2 aromatic rings. The highest BCUT2D eigenvalue weighted by Crippen LogP contribution is 2.32. The van der Waals surface area contributed by atoms with Crippen molar-refractivity contribution in [2.45, 2.75) is 19.8 Å². The van der Waals surface area contributed by atoms with Gasteiger partial charge in [-0.25, -0.2) is 4.98 Å². The summed E-state index contributed by atoms with van der Waals surface area (Å²) in [5.74, 6) is 0.941. The first-order valence-electron chi connectivity index (χ1n) is 6.15. The van der Waals surface area contributed by atoms with Gasteiger partial charge in [0.25, 0.3) is 0 Å². The van der Waals surface area contributed by atoms with Gasteiger partial charge < -0.3 is 9.64 Å². The Bertz CT molecular complexity index is 517. The molecule has 3 rings (SSSR count). The minimum atomic E-state index is 0.712. The van der Waals surface area contributed by atoms with Crippen LogP contribution in [0.4, 0.5) is 5.13 Å². The molecule has 0 unspecified atom stereocenters. The van der Waals surface area contributed by atoms with Crippen LogP contribution in [0.1, 0.15) is 19.8 Å². The van der Waals surface area contributed by atoms with Gasteiger partial charge in [0.2, 0.25) is 0 Å². The third kappa shape index (κ3) is 2.09. The normalized spacial score (nSPS) is 15.7. The fraction of sp³-hybridized carbons (Fsp3) is 0.462. The van der Waals surface area contributed by atoms with Crippen molar-refractivity contribution in [1.29, 1.82) is 0 Å². The van der Waals surface area contributed by atoms with E-state index in [2.05, 4.69) is 22.0 Å². The second kappa shape index (κ2) is 4.53. The van der Waals surface area contributed by atoms with Gasteiger partial charge in [0.05, 0.1) is 16.8 Å². The van der Waals surface area contributed by atoms with Gasteiger partial charge in [-0.05, 0) is 38.0 Å². The monoisotopic (exact) mass is 248 g/mol. The van der Waals surface area contributed by atoms with Gasteiger partial charge in [-0.2, -0.15) is 0 Å². The number of hydrogen-bond acceptors (Lipinski definition) is 4. The lowest BCUT2D eigenvalue weighted by Crippen LogP contribution is -2.16. The predicted molar refractivity (Wildman–Crippen MR) is 72.2 cm³/mol. The maximum atomic E-state index is 5.51. The molecule has 0 amide bonds. The molecular weight excluding hydrogens is 232 g/mol. The van der Waals surface area contributed by atoms with Crippen molar-refractivity contribution in [3.63, 3.8) is 0 Å². The van der Waals surface area contributed by atoms with Crippen LogP contribution < -0.4 is 9.64 Å². The van der Waals surface area contributed by atoms with Crippen LogP contribution in [0.3, 0.4) is 0 Å². The fourth-order valence-electron chi connectivity index (χ4n) is 2.19. The number of fused-ring (bicyclic) bond motifs is 1. The minimum Gasteiger partial charge on any atom is -0.494 e. The summed E-state index contributed by atoms with van der Waals surface area (Å²) < 4.78 is 6.73. The average Bonchev–Trinajstić information content (AvgIpc) is 2.97. The summed E-state index contributed by atoms with van der Waals surface area (Å²) in [6, 6.07) is 6.14. The molecule has 0 aliphatic carbocycles. The lowest BCUT2D eigenvalue weighted by Gasteiger charge is -2.11. The van der Waals surface area contributed by atoms with Gasteiger partial charge >= 0.3 is 0 Å². The van der Waals surface area contributed by atoms with Crippen LogP contribution in [0.2, 0.25) is 0 Å². The third-order valence-electron chi connectivity index (χ3n) is 3.04. The zero-order valence-electron chi connectivity index (χ0n) is 9.98. The minimum absolute atomic E-state index is 0.712. The standard InChI is InChI=1S/C13H16N2OS/c1-2-16-10-5-6-11-12(9-10)17-13(14-11)15-7-3-4-8-15/h5-6,9H,2-4,7-8H2,1H3. The Morgan fingerprint density at radius 1 is 1.35 bits per heavy atom. The van der Waals surface area contributed by atoms with Crippen molar-refractivity contribution in [3.05, 3.63) is 18.2 Å². The molecule has 0 radical (unpaired) electrons. The summed E-state index contributed by atoms with van der Waals surface area (Å²) in [5, 5.41) is 1.16. The van der Waals surface area contributed by atoms with Crippen LogP contribution >= 0.6 is 11.3 Å². The summed E-state index contributed by atoms with van der Waals surface area (Å²) in [6.07, 6.45) is 2.58. The zero-order chi connectivity index (χ0) is 11.7. The molecule has 0 N–H and O–H groups in total. The van der Waals surface area contributed by atoms with E-state index < -0.39 is 0 Å². The quantitative estimate of drug-likeness (QED) is 0.833. The van der Waals surface area contributed by atoms with Crippen molar-refractivity contribution in [2.75, 3.05) is 24.6 Å². The maximum absolute atomic E-state index is 5.51. The summed E-state index contributed by atoms with van der Waals surface area (Å²) in [5.41, 5.74) is 1.08. The van der Waals surface area contributed by atoms with Crippen molar-refractivity contribution < 1.29 is 4.74 Å². The molecule has 0 saturated carbocycles. The predicted octanol–water partition coefficient (Wildman–Crippen LogP) is 3.30. The number of ether oxygens (including phenoxy) is 1. The smallest absolute Gasteiger partial charge is 0.186 e. The molecule has 1 aliphatic rings. The lowest BCUT2D eigenvalue weighted by atomic mass is 10.3.